The van der Waals surface area contributed by atoms with Crippen molar-refractivity contribution < 1.29 is 13.2 Å². The standard InChI is InChI=1S/C10H13ClN2O3S/c11-10-9(2-1-5-12-10)13-17(14,15)8-3-6-16-7-4-8/h1-2,5,8,13H,3-4,6-7H2. The van der Waals surface area contributed by atoms with Gasteiger partial charge in [0, 0.05) is 19.4 Å². The third kappa shape index (κ3) is 3.08. The molecule has 1 aromatic rings. The summed E-state index contributed by atoms with van der Waals surface area (Å²) in [7, 11) is -3.41. The van der Waals surface area contributed by atoms with E-state index < -0.39 is 15.3 Å². The summed E-state index contributed by atoms with van der Waals surface area (Å²) in [5.74, 6) is 0. The van der Waals surface area contributed by atoms with E-state index in [2.05, 4.69) is 9.71 Å². The Kier molecular flexibility index (Phi) is 3.86. The molecule has 1 aliphatic rings. The van der Waals surface area contributed by atoms with Crippen molar-refractivity contribution in [1.29, 1.82) is 0 Å². The van der Waals surface area contributed by atoms with Crippen LogP contribution in [0.2, 0.25) is 5.15 Å². The zero-order valence-electron chi connectivity index (χ0n) is 9.10. The first-order valence-corrected chi connectivity index (χ1v) is 7.22. The average Bonchev–Trinajstić information content (AvgIpc) is 2.33. The molecule has 94 valence electrons. The van der Waals surface area contributed by atoms with Crippen LogP contribution in [0.25, 0.3) is 0 Å². The maximum atomic E-state index is 12.1. The molecule has 1 saturated heterocycles. The van der Waals surface area contributed by atoms with Gasteiger partial charge in [0.25, 0.3) is 0 Å². The fraction of sp³-hybridized carbons (Fsp3) is 0.500. The lowest BCUT2D eigenvalue weighted by molar-refractivity contribution is 0.0984. The van der Waals surface area contributed by atoms with Crippen molar-refractivity contribution in [2.45, 2.75) is 18.1 Å². The fourth-order valence-electron chi connectivity index (χ4n) is 1.69. The van der Waals surface area contributed by atoms with E-state index in [4.69, 9.17) is 16.3 Å². The minimum absolute atomic E-state index is 0.156. The number of halogens is 1. The van der Waals surface area contributed by atoms with Gasteiger partial charge in [-0.3, -0.25) is 4.72 Å². The molecule has 7 heteroatoms. The lowest BCUT2D eigenvalue weighted by Crippen LogP contribution is -2.33. The van der Waals surface area contributed by atoms with Crippen molar-refractivity contribution in [1.82, 2.24) is 4.98 Å². The number of aromatic nitrogens is 1. The fourth-order valence-corrected chi connectivity index (χ4v) is 3.36. The van der Waals surface area contributed by atoms with Crippen molar-refractivity contribution >= 4 is 27.3 Å². The molecule has 0 bridgehead atoms. The second-order valence-electron chi connectivity index (χ2n) is 3.80. The van der Waals surface area contributed by atoms with Gasteiger partial charge in [-0.1, -0.05) is 11.6 Å². The number of ether oxygens (including phenoxy) is 1. The molecule has 0 saturated carbocycles. The molecule has 1 aliphatic heterocycles. The molecule has 2 rings (SSSR count). The molecule has 5 nitrogen and oxygen atoms in total. The van der Waals surface area contributed by atoms with E-state index in [-0.39, 0.29) is 5.15 Å². The van der Waals surface area contributed by atoms with Gasteiger partial charge in [-0.15, -0.1) is 0 Å². The Morgan fingerprint density at radius 1 is 1.41 bits per heavy atom. The Bertz CT molecular complexity index is 486. The third-order valence-corrected chi connectivity index (χ3v) is 4.77. The first-order chi connectivity index (χ1) is 8.09. The van der Waals surface area contributed by atoms with Crippen molar-refractivity contribution in [3.8, 4) is 0 Å². The van der Waals surface area contributed by atoms with Crippen molar-refractivity contribution in [3.05, 3.63) is 23.5 Å². The predicted molar refractivity (Wildman–Crippen MR) is 65.6 cm³/mol. The van der Waals surface area contributed by atoms with Gasteiger partial charge in [0.05, 0.1) is 10.9 Å². The van der Waals surface area contributed by atoms with Crippen LogP contribution in [-0.2, 0) is 14.8 Å². The molecular formula is C10H13ClN2O3S. The van der Waals surface area contributed by atoms with Gasteiger partial charge in [-0.2, -0.15) is 0 Å². The second kappa shape index (κ2) is 5.20. The topological polar surface area (TPSA) is 68.3 Å². The van der Waals surface area contributed by atoms with Crippen LogP contribution in [0.3, 0.4) is 0 Å². The Hall–Kier alpha value is -0.850. The zero-order chi connectivity index (χ0) is 12.3. The van der Waals surface area contributed by atoms with Crippen molar-refractivity contribution in [2.24, 2.45) is 0 Å². The first-order valence-electron chi connectivity index (χ1n) is 5.29. The highest BCUT2D eigenvalue weighted by Gasteiger charge is 2.28. The summed E-state index contributed by atoms with van der Waals surface area (Å²) >= 11 is 5.81. The minimum Gasteiger partial charge on any atom is -0.381 e. The number of hydrogen-bond donors (Lipinski definition) is 1. The van der Waals surface area contributed by atoms with Crippen molar-refractivity contribution in [2.75, 3.05) is 17.9 Å². The molecule has 0 aliphatic carbocycles. The first kappa shape index (κ1) is 12.6. The zero-order valence-corrected chi connectivity index (χ0v) is 10.7. The third-order valence-electron chi connectivity index (χ3n) is 2.62. The number of anilines is 1. The Morgan fingerprint density at radius 2 is 2.12 bits per heavy atom. The van der Waals surface area contributed by atoms with Crippen LogP contribution in [0, 0.1) is 0 Å². The molecule has 0 aromatic carbocycles. The highest BCUT2D eigenvalue weighted by atomic mass is 35.5. The maximum Gasteiger partial charge on any atom is 0.235 e. The van der Waals surface area contributed by atoms with Crippen LogP contribution in [0.4, 0.5) is 5.69 Å². The molecule has 2 heterocycles. The van der Waals surface area contributed by atoms with Gasteiger partial charge < -0.3 is 4.74 Å². The lowest BCUT2D eigenvalue weighted by atomic mass is 10.2. The van der Waals surface area contributed by atoms with E-state index in [9.17, 15) is 8.42 Å². The quantitative estimate of drug-likeness (QED) is 0.853. The molecule has 1 N–H and O–H groups in total. The molecule has 0 unspecified atom stereocenters. The van der Waals surface area contributed by atoms with E-state index in [0.717, 1.165) is 0 Å². The summed E-state index contributed by atoms with van der Waals surface area (Å²) in [6, 6.07) is 3.22. The molecule has 1 aromatic heterocycles. The van der Waals surface area contributed by atoms with Gasteiger partial charge >= 0.3 is 0 Å². The van der Waals surface area contributed by atoms with Crippen LogP contribution in [-0.4, -0.2) is 31.9 Å². The predicted octanol–water partition coefficient (Wildman–Crippen LogP) is 1.66. The number of pyridine rings is 1. The second-order valence-corrected chi connectivity index (χ2v) is 6.12. The molecular weight excluding hydrogens is 264 g/mol. The number of hydrogen-bond acceptors (Lipinski definition) is 4. The van der Waals surface area contributed by atoms with E-state index in [1.54, 1.807) is 12.1 Å². The summed E-state index contributed by atoms with van der Waals surface area (Å²) in [5.41, 5.74) is 0.320. The minimum atomic E-state index is -3.41. The van der Waals surface area contributed by atoms with Crippen LogP contribution < -0.4 is 4.72 Å². The van der Waals surface area contributed by atoms with E-state index in [1.165, 1.54) is 6.20 Å². The van der Waals surface area contributed by atoms with Gasteiger partial charge in [0.2, 0.25) is 10.0 Å². The number of nitrogens with one attached hydrogen (secondary N) is 1. The van der Waals surface area contributed by atoms with E-state index >= 15 is 0 Å². The average molecular weight is 277 g/mol. The summed E-state index contributed by atoms with van der Waals surface area (Å²) in [6.45, 7) is 0.957. The Morgan fingerprint density at radius 3 is 2.76 bits per heavy atom. The summed E-state index contributed by atoms with van der Waals surface area (Å²) in [4.78, 5) is 3.82. The SMILES string of the molecule is O=S(=O)(Nc1cccnc1Cl)C1CCOCC1. The van der Waals surface area contributed by atoms with E-state index in [1.807, 2.05) is 0 Å². The van der Waals surface area contributed by atoms with Gasteiger partial charge in [-0.05, 0) is 25.0 Å². The van der Waals surface area contributed by atoms with Gasteiger partial charge in [0.1, 0.15) is 0 Å². The highest BCUT2D eigenvalue weighted by molar-refractivity contribution is 7.93. The molecule has 1 fully saturated rings. The Balaban J connectivity index is 2.14. The van der Waals surface area contributed by atoms with Crippen LogP contribution in [0.15, 0.2) is 18.3 Å². The van der Waals surface area contributed by atoms with Crippen LogP contribution in [0.5, 0.6) is 0 Å². The number of sulfonamides is 1. The molecule has 0 spiro atoms. The smallest absolute Gasteiger partial charge is 0.235 e. The van der Waals surface area contributed by atoms with Crippen LogP contribution >= 0.6 is 11.6 Å². The van der Waals surface area contributed by atoms with Gasteiger partial charge in [0.15, 0.2) is 5.15 Å². The van der Waals surface area contributed by atoms with Crippen molar-refractivity contribution in [3.63, 3.8) is 0 Å². The summed E-state index contributed by atoms with van der Waals surface area (Å²) in [6.07, 6.45) is 2.52. The lowest BCUT2D eigenvalue weighted by Gasteiger charge is -2.22. The number of rotatable bonds is 3. The molecule has 17 heavy (non-hydrogen) atoms. The number of nitrogens with zero attached hydrogens (tertiary/aromatic N) is 1. The monoisotopic (exact) mass is 276 g/mol. The molecule has 0 atom stereocenters. The summed E-state index contributed by atoms with van der Waals surface area (Å²) in [5, 5.41) is -0.268. The molecule has 0 radical (unpaired) electrons. The maximum absolute atomic E-state index is 12.1. The Labute approximate surface area is 105 Å². The van der Waals surface area contributed by atoms with E-state index in [0.29, 0.717) is 31.7 Å². The largest absolute Gasteiger partial charge is 0.381 e. The molecule has 0 amide bonds. The van der Waals surface area contributed by atoms with Crippen LogP contribution in [0.1, 0.15) is 12.8 Å². The van der Waals surface area contributed by atoms with Gasteiger partial charge in [-0.25, -0.2) is 13.4 Å². The normalized spacial score (nSPS) is 17.9. The highest BCUT2D eigenvalue weighted by Crippen LogP contribution is 2.23. The summed E-state index contributed by atoms with van der Waals surface area (Å²) < 4.78 is 31.7.